The normalized spacial score (nSPS) is 11.8. The van der Waals surface area contributed by atoms with E-state index in [0.29, 0.717) is 0 Å². The van der Waals surface area contributed by atoms with E-state index < -0.39 is 29.3 Å². The number of nitrogens with one attached hydrogen (secondary N) is 1. The highest BCUT2D eigenvalue weighted by atomic mass is 19.3. The largest absolute Gasteiger partial charge is 0.544 e. The lowest BCUT2D eigenvalue weighted by Gasteiger charge is -2.20. The van der Waals surface area contributed by atoms with Crippen LogP contribution in [0.3, 0.4) is 0 Å². The molecule has 0 bridgehead atoms. The highest BCUT2D eigenvalue weighted by Crippen LogP contribution is 2.26. The molecule has 0 atom stereocenters. The lowest BCUT2D eigenvalue weighted by molar-refractivity contribution is -0.331. The van der Waals surface area contributed by atoms with Crippen LogP contribution in [0.5, 0.6) is 0 Å². The van der Waals surface area contributed by atoms with Gasteiger partial charge in [0.15, 0.2) is 0 Å². The summed E-state index contributed by atoms with van der Waals surface area (Å²) in [5.74, 6) is -6.73. The van der Waals surface area contributed by atoms with E-state index in [9.17, 15) is 23.5 Å². The Morgan fingerprint density at radius 2 is 1.90 bits per heavy atom. The standard InChI is InChI=1S/C12H14F2N2O4/c1-11(2,3)20-10(19)16-7-4-5-8(15-6-7)12(13,14)9(17)18/h4-6H,1-3H3,(H,16,19)(H,17,18)/p-1. The van der Waals surface area contributed by atoms with Crippen molar-refractivity contribution in [3.8, 4) is 0 Å². The Morgan fingerprint density at radius 3 is 2.30 bits per heavy atom. The number of carbonyl (C=O) groups excluding carboxylic acids is 2. The number of aromatic nitrogens is 1. The average Bonchev–Trinajstić information content (AvgIpc) is 2.26. The Bertz CT molecular complexity index is 509. The zero-order valence-corrected chi connectivity index (χ0v) is 11.1. The first-order valence-corrected chi connectivity index (χ1v) is 5.58. The second-order valence-electron chi connectivity index (χ2n) is 4.92. The van der Waals surface area contributed by atoms with Crippen LogP contribution >= 0.6 is 0 Å². The van der Waals surface area contributed by atoms with Crippen molar-refractivity contribution in [1.29, 1.82) is 0 Å². The Kier molecular flexibility index (Phi) is 4.26. The van der Waals surface area contributed by atoms with Crippen LogP contribution in [0.1, 0.15) is 26.5 Å². The van der Waals surface area contributed by atoms with Crippen molar-refractivity contribution in [3.63, 3.8) is 0 Å². The third-order valence-electron chi connectivity index (χ3n) is 1.99. The number of carbonyl (C=O) groups is 2. The smallest absolute Gasteiger partial charge is 0.412 e. The van der Waals surface area contributed by atoms with Gasteiger partial charge in [-0.3, -0.25) is 10.3 Å². The number of hydrogen-bond donors (Lipinski definition) is 1. The fraction of sp³-hybridized carbons (Fsp3) is 0.417. The van der Waals surface area contributed by atoms with Gasteiger partial charge < -0.3 is 14.6 Å². The minimum atomic E-state index is -4.19. The number of ether oxygens (including phenoxy) is 1. The summed E-state index contributed by atoms with van der Waals surface area (Å²) in [7, 11) is 0. The molecule has 1 aromatic heterocycles. The second-order valence-corrected chi connectivity index (χ2v) is 4.92. The lowest BCUT2D eigenvalue weighted by Crippen LogP contribution is -2.39. The molecule has 20 heavy (non-hydrogen) atoms. The van der Waals surface area contributed by atoms with Crippen molar-refractivity contribution in [2.45, 2.75) is 32.3 Å². The van der Waals surface area contributed by atoms with Crippen LogP contribution in [0.2, 0.25) is 0 Å². The topological polar surface area (TPSA) is 91.3 Å². The molecular formula is C12H13F2N2O4-. The highest BCUT2D eigenvalue weighted by molar-refractivity contribution is 5.84. The van der Waals surface area contributed by atoms with Gasteiger partial charge in [-0.1, -0.05) is 0 Å². The number of carboxylic acid groups (broad SMARTS) is 1. The van der Waals surface area contributed by atoms with E-state index in [4.69, 9.17) is 4.74 Å². The van der Waals surface area contributed by atoms with Crippen molar-refractivity contribution < 1.29 is 28.2 Å². The first-order valence-electron chi connectivity index (χ1n) is 5.58. The van der Waals surface area contributed by atoms with Gasteiger partial charge in [0.25, 0.3) is 0 Å². The molecule has 1 amide bonds. The highest BCUT2D eigenvalue weighted by Gasteiger charge is 2.35. The van der Waals surface area contributed by atoms with Crippen LogP contribution in [0.25, 0.3) is 0 Å². The van der Waals surface area contributed by atoms with Crippen molar-refractivity contribution in [3.05, 3.63) is 24.0 Å². The SMILES string of the molecule is CC(C)(C)OC(=O)Nc1ccc(C(F)(F)C(=O)[O-])nc1. The first kappa shape index (κ1) is 15.8. The monoisotopic (exact) mass is 287 g/mol. The van der Waals surface area contributed by atoms with E-state index in [1.165, 1.54) is 0 Å². The van der Waals surface area contributed by atoms with E-state index in [2.05, 4.69) is 10.3 Å². The summed E-state index contributed by atoms with van der Waals surface area (Å²) in [5, 5.41) is 12.5. The van der Waals surface area contributed by atoms with E-state index >= 15 is 0 Å². The molecule has 0 saturated carbocycles. The van der Waals surface area contributed by atoms with E-state index in [0.717, 1.165) is 18.3 Å². The van der Waals surface area contributed by atoms with Gasteiger partial charge >= 0.3 is 12.0 Å². The van der Waals surface area contributed by atoms with Crippen molar-refractivity contribution in [2.24, 2.45) is 0 Å². The first-order chi connectivity index (χ1) is 9.02. The molecule has 0 aliphatic carbocycles. The number of amides is 1. The molecule has 0 unspecified atom stereocenters. The zero-order chi connectivity index (χ0) is 15.6. The summed E-state index contributed by atoms with van der Waals surface area (Å²) in [6, 6.07) is 1.87. The maximum Gasteiger partial charge on any atom is 0.412 e. The molecule has 8 heteroatoms. The quantitative estimate of drug-likeness (QED) is 0.904. The Labute approximate surface area is 113 Å². The van der Waals surface area contributed by atoms with E-state index in [1.807, 2.05) is 0 Å². The van der Waals surface area contributed by atoms with Gasteiger partial charge in [-0.05, 0) is 32.9 Å². The summed E-state index contributed by atoms with van der Waals surface area (Å²) >= 11 is 0. The Balaban J connectivity index is 2.78. The van der Waals surface area contributed by atoms with Gasteiger partial charge in [-0.25, -0.2) is 4.79 Å². The summed E-state index contributed by atoms with van der Waals surface area (Å²) in [4.78, 5) is 24.9. The molecule has 1 rings (SSSR count). The van der Waals surface area contributed by atoms with E-state index in [-0.39, 0.29) is 5.69 Å². The fourth-order valence-corrected chi connectivity index (χ4v) is 1.18. The van der Waals surface area contributed by atoms with Crippen molar-refractivity contribution in [2.75, 3.05) is 5.32 Å². The molecular weight excluding hydrogens is 274 g/mol. The van der Waals surface area contributed by atoms with Crippen molar-refractivity contribution in [1.82, 2.24) is 4.98 Å². The number of carboxylic acids is 1. The molecule has 0 aliphatic heterocycles. The van der Waals surface area contributed by atoms with Crippen molar-refractivity contribution >= 4 is 17.7 Å². The van der Waals surface area contributed by atoms with Gasteiger partial charge in [0.2, 0.25) is 0 Å². The minimum Gasteiger partial charge on any atom is -0.544 e. The van der Waals surface area contributed by atoms with Crippen LogP contribution < -0.4 is 10.4 Å². The maximum absolute atomic E-state index is 13.1. The molecule has 1 N–H and O–H groups in total. The van der Waals surface area contributed by atoms with Crippen LogP contribution in [-0.2, 0) is 15.5 Å². The zero-order valence-electron chi connectivity index (χ0n) is 11.1. The van der Waals surface area contributed by atoms with Gasteiger partial charge in [-0.15, -0.1) is 0 Å². The molecule has 0 aliphatic rings. The minimum absolute atomic E-state index is 0.0946. The van der Waals surface area contributed by atoms with Gasteiger partial charge in [0.05, 0.1) is 11.9 Å². The molecule has 110 valence electrons. The summed E-state index contributed by atoms with van der Waals surface area (Å²) in [6.45, 7) is 4.98. The second kappa shape index (κ2) is 5.40. The lowest BCUT2D eigenvalue weighted by atomic mass is 10.2. The summed E-state index contributed by atoms with van der Waals surface area (Å²) in [6.07, 6.45) is 0.120. The molecule has 0 spiro atoms. The third-order valence-corrected chi connectivity index (χ3v) is 1.99. The maximum atomic E-state index is 13.1. The Hall–Kier alpha value is -2.25. The van der Waals surface area contributed by atoms with E-state index in [1.54, 1.807) is 20.8 Å². The van der Waals surface area contributed by atoms with Gasteiger partial charge in [-0.2, -0.15) is 8.78 Å². The van der Waals surface area contributed by atoms with Crippen LogP contribution in [0, 0.1) is 0 Å². The van der Waals surface area contributed by atoms with Gasteiger partial charge in [0.1, 0.15) is 17.3 Å². The molecule has 1 aromatic rings. The summed E-state index contributed by atoms with van der Waals surface area (Å²) < 4.78 is 31.1. The fourth-order valence-electron chi connectivity index (χ4n) is 1.18. The molecule has 1 heterocycles. The number of halogens is 2. The third kappa shape index (κ3) is 4.15. The molecule has 0 aromatic carbocycles. The van der Waals surface area contributed by atoms with Gasteiger partial charge in [0, 0.05) is 0 Å². The molecule has 0 radical (unpaired) electrons. The Morgan fingerprint density at radius 1 is 1.30 bits per heavy atom. The molecule has 6 nitrogen and oxygen atoms in total. The number of aliphatic carboxylic acids is 1. The number of anilines is 1. The van der Waals surface area contributed by atoms with Crippen LogP contribution in [0.15, 0.2) is 18.3 Å². The molecule has 0 fully saturated rings. The average molecular weight is 287 g/mol. The number of rotatable bonds is 3. The molecule has 0 saturated heterocycles. The predicted octanol–water partition coefficient (Wildman–Crippen LogP) is 1.27. The number of nitrogens with zero attached hydrogens (tertiary/aromatic N) is 1. The van der Waals surface area contributed by atoms with Crippen LogP contribution in [0.4, 0.5) is 19.3 Å². The number of alkyl halides is 2. The number of pyridine rings is 1. The van der Waals surface area contributed by atoms with Crippen LogP contribution in [-0.4, -0.2) is 22.6 Å². The summed E-state index contributed by atoms with van der Waals surface area (Å²) in [5.41, 5.74) is -1.59. The number of hydrogen-bond acceptors (Lipinski definition) is 5. The predicted molar refractivity (Wildman–Crippen MR) is 63.0 cm³/mol.